The molecule has 0 spiro atoms. The van der Waals surface area contributed by atoms with Gasteiger partial charge in [0.15, 0.2) is 11.0 Å². The van der Waals surface area contributed by atoms with Gasteiger partial charge in [0.25, 0.3) is 5.56 Å². The maximum Gasteiger partial charge on any atom is 0.263 e. The van der Waals surface area contributed by atoms with Crippen molar-refractivity contribution in [1.82, 2.24) is 19.7 Å². The largest absolute Gasteiger partial charge is 0.338 e. The quantitative estimate of drug-likeness (QED) is 0.471. The van der Waals surface area contributed by atoms with Gasteiger partial charge in [-0.25, -0.2) is 4.98 Å². The minimum atomic E-state index is -0.0672. The summed E-state index contributed by atoms with van der Waals surface area (Å²) in [6, 6.07) is 0. The van der Waals surface area contributed by atoms with Crippen molar-refractivity contribution in [2.24, 2.45) is 0 Å². The second-order valence-electron chi connectivity index (χ2n) is 5.97. The molecule has 1 atom stereocenters. The average molecular weight is 379 g/mol. The summed E-state index contributed by atoms with van der Waals surface area (Å²) in [7, 11) is 0. The molecule has 0 bridgehead atoms. The van der Waals surface area contributed by atoms with Crippen LogP contribution in [0, 0.1) is 13.8 Å². The zero-order valence-corrected chi connectivity index (χ0v) is 16.8. The van der Waals surface area contributed by atoms with Crippen LogP contribution < -0.4 is 5.56 Å². The molecule has 25 heavy (non-hydrogen) atoms. The molecule has 134 valence electrons. The molecule has 0 aliphatic carbocycles. The van der Waals surface area contributed by atoms with E-state index in [4.69, 9.17) is 9.51 Å². The molecule has 8 heteroatoms. The highest BCUT2D eigenvalue weighted by Gasteiger charge is 2.21. The Hall–Kier alpha value is -1.67. The van der Waals surface area contributed by atoms with Gasteiger partial charge < -0.3 is 4.52 Å². The fourth-order valence-corrected chi connectivity index (χ4v) is 4.72. The van der Waals surface area contributed by atoms with E-state index in [9.17, 15) is 4.79 Å². The minimum absolute atomic E-state index is 0.0289. The molecule has 3 rings (SSSR count). The Balaban J connectivity index is 1.98. The highest BCUT2D eigenvalue weighted by molar-refractivity contribution is 7.99. The lowest BCUT2D eigenvalue weighted by Crippen LogP contribution is -2.22. The van der Waals surface area contributed by atoms with Gasteiger partial charge in [-0.3, -0.25) is 9.36 Å². The van der Waals surface area contributed by atoms with Gasteiger partial charge in [0.05, 0.1) is 10.6 Å². The topological polar surface area (TPSA) is 73.8 Å². The van der Waals surface area contributed by atoms with Crippen LogP contribution in [-0.4, -0.2) is 19.7 Å². The first-order valence-corrected chi connectivity index (χ1v) is 10.2. The monoisotopic (exact) mass is 378 g/mol. The minimum Gasteiger partial charge on any atom is -0.338 e. The van der Waals surface area contributed by atoms with Crippen molar-refractivity contribution >= 4 is 33.3 Å². The molecule has 0 saturated heterocycles. The summed E-state index contributed by atoms with van der Waals surface area (Å²) in [6.45, 7) is 10.6. The Morgan fingerprint density at radius 1 is 1.28 bits per heavy atom. The molecule has 0 aliphatic rings. The molecule has 3 heterocycles. The smallest absolute Gasteiger partial charge is 0.263 e. The molecule has 0 N–H and O–H groups in total. The molecule has 0 aromatic carbocycles. The van der Waals surface area contributed by atoms with Crippen LogP contribution in [-0.2, 0) is 13.0 Å². The highest BCUT2D eigenvalue weighted by atomic mass is 32.2. The summed E-state index contributed by atoms with van der Waals surface area (Å²) in [5.74, 6) is 1.30. The van der Waals surface area contributed by atoms with E-state index in [0.29, 0.717) is 17.6 Å². The van der Waals surface area contributed by atoms with Crippen molar-refractivity contribution in [2.45, 2.75) is 64.4 Å². The van der Waals surface area contributed by atoms with Crippen molar-refractivity contribution < 1.29 is 4.52 Å². The van der Waals surface area contributed by atoms with Crippen molar-refractivity contribution in [3.63, 3.8) is 0 Å². The third kappa shape index (κ3) is 3.37. The summed E-state index contributed by atoms with van der Waals surface area (Å²) in [6.07, 6.45) is 1.78. The van der Waals surface area contributed by atoms with Crippen LogP contribution in [0.15, 0.2) is 14.5 Å². The second kappa shape index (κ2) is 7.29. The first-order valence-electron chi connectivity index (χ1n) is 8.45. The predicted molar refractivity (Wildman–Crippen MR) is 102 cm³/mol. The average Bonchev–Trinajstić information content (AvgIpc) is 3.14. The molecule has 0 radical (unpaired) electrons. The van der Waals surface area contributed by atoms with Gasteiger partial charge in [-0.1, -0.05) is 23.8 Å². The summed E-state index contributed by atoms with van der Waals surface area (Å²) < 4.78 is 7.10. The third-order valence-electron chi connectivity index (χ3n) is 4.16. The summed E-state index contributed by atoms with van der Waals surface area (Å²) in [5, 5.41) is 5.38. The summed E-state index contributed by atoms with van der Waals surface area (Å²) in [4.78, 5) is 24.0. The second-order valence-corrected chi connectivity index (χ2v) is 8.48. The number of aromatic nitrogens is 4. The Morgan fingerprint density at radius 2 is 2.04 bits per heavy atom. The van der Waals surface area contributed by atoms with Crippen LogP contribution in [0.4, 0.5) is 0 Å². The van der Waals surface area contributed by atoms with Gasteiger partial charge >= 0.3 is 0 Å². The van der Waals surface area contributed by atoms with Gasteiger partial charge in [-0.2, -0.15) is 4.98 Å². The van der Waals surface area contributed by atoms with Crippen LogP contribution in [0.5, 0.6) is 0 Å². The fourth-order valence-electron chi connectivity index (χ4n) is 2.64. The number of nitrogens with zero attached hydrogens (tertiary/aromatic N) is 4. The maximum absolute atomic E-state index is 12.9. The van der Waals surface area contributed by atoms with E-state index in [2.05, 4.69) is 17.1 Å². The summed E-state index contributed by atoms with van der Waals surface area (Å²) >= 11 is 3.06. The van der Waals surface area contributed by atoms with Crippen LogP contribution in [0.25, 0.3) is 10.2 Å². The lowest BCUT2D eigenvalue weighted by Gasteiger charge is -2.12. The number of rotatable bonds is 6. The van der Waals surface area contributed by atoms with Gasteiger partial charge in [0, 0.05) is 17.8 Å². The first-order chi connectivity index (χ1) is 12.0. The van der Waals surface area contributed by atoms with Crippen molar-refractivity contribution in [1.29, 1.82) is 0 Å². The van der Waals surface area contributed by atoms with Crippen molar-refractivity contribution in [3.05, 3.63) is 32.5 Å². The molecule has 0 saturated carbocycles. The third-order valence-corrected chi connectivity index (χ3v) is 6.34. The molecular weight excluding hydrogens is 356 g/mol. The van der Waals surface area contributed by atoms with E-state index < -0.39 is 0 Å². The van der Waals surface area contributed by atoms with Gasteiger partial charge in [-0.05, 0) is 39.7 Å². The number of fused-ring (bicyclic) bond motifs is 1. The van der Waals surface area contributed by atoms with E-state index in [1.807, 2.05) is 27.7 Å². The molecular formula is C17H22N4O2S2. The highest BCUT2D eigenvalue weighted by Crippen LogP contribution is 2.35. The van der Waals surface area contributed by atoms with Crippen molar-refractivity contribution in [3.8, 4) is 0 Å². The van der Waals surface area contributed by atoms with Gasteiger partial charge in [0.2, 0.25) is 5.89 Å². The summed E-state index contributed by atoms with van der Waals surface area (Å²) in [5.41, 5.74) is 1.06. The lowest BCUT2D eigenvalue weighted by molar-refractivity contribution is 0.374. The lowest BCUT2D eigenvalue weighted by atomic mass is 10.2. The zero-order chi connectivity index (χ0) is 18.1. The van der Waals surface area contributed by atoms with E-state index in [-0.39, 0.29) is 10.8 Å². The normalized spacial score (nSPS) is 12.8. The molecule has 3 aromatic heterocycles. The SMILES string of the molecule is CCCc1noc(C(C)Sc2nc3sc(C)c(C)c3c(=O)n2CC)n1. The Bertz CT molecular complexity index is 958. The van der Waals surface area contributed by atoms with Crippen LogP contribution >= 0.6 is 23.1 Å². The number of thiophene rings is 1. The van der Waals surface area contributed by atoms with Gasteiger partial charge in [-0.15, -0.1) is 11.3 Å². The zero-order valence-electron chi connectivity index (χ0n) is 15.1. The van der Waals surface area contributed by atoms with E-state index in [1.165, 1.54) is 11.8 Å². The van der Waals surface area contributed by atoms with Crippen molar-refractivity contribution in [2.75, 3.05) is 0 Å². The molecule has 0 amide bonds. The van der Waals surface area contributed by atoms with E-state index >= 15 is 0 Å². The number of aryl methyl sites for hydroxylation is 3. The molecule has 1 unspecified atom stereocenters. The van der Waals surface area contributed by atoms with Gasteiger partial charge in [0.1, 0.15) is 4.83 Å². The maximum atomic E-state index is 12.9. The van der Waals surface area contributed by atoms with E-state index in [0.717, 1.165) is 39.3 Å². The first kappa shape index (κ1) is 18.1. The Kier molecular flexibility index (Phi) is 5.29. The standard InChI is InChI=1S/C17H22N4O2S2/c1-6-8-12-18-14(23-20-12)11(5)25-17-19-15-13(9(3)10(4)24-15)16(22)21(17)7-2/h11H,6-8H2,1-5H3. The fraction of sp³-hybridized carbons (Fsp3) is 0.529. The molecule has 0 aliphatic heterocycles. The Labute approximate surface area is 154 Å². The number of hydrogen-bond donors (Lipinski definition) is 0. The predicted octanol–water partition coefficient (Wildman–Crippen LogP) is 4.28. The molecule has 0 fully saturated rings. The number of thioether (sulfide) groups is 1. The van der Waals surface area contributed by atoms with E-state index in [1.54, 1.807) is 15.9 Å². The van der Waals surface area contributed by atoms with Crippen LogP contribution in [0.1, 0.15) is 54.6 Å². The molecule has 3 aromatic rings. The van der Waals surface area contributed by atoms with Crippen LogP contribution in [0.2, 0.25) is 0 Å². The number of hydrogen-bond acceptors (Lipinski definition) is 7. The molecule has 6 nitrogen and oxygen atoms in total. The van der Waals surface area contributed by atoms with Crippen LogP contribution in [0.3, 0.4) is 0 Å². The Morgan fingerprint density at radius 3 is 2.72 bits per heavy atom.